The molecule has 0 fully saturated rings. The molecule has 0 spiro atoms. The van der Waals surface area contributed by atoms with Gasteiger partial charge in [0.15, 0.2) is 11.5 Å². The van der Waals surface area contributed by atoms with E-state index in [0.29, 0.717) is 24.7 Å². The minimum atomic E-state index is -0.672. The average Bonchev–Trinajstić information content (AvgIpc) is 2.87. The third kappa shape index (κ3) is 3.59. The zero-order chi connectivity index (χ0) is 15.4. The van der Waals surface area contributed by atoms with E-state index < -0.39 is 6.10 Å². The van der Waals surface area contributed by atoms with Crippen molar-refractivity contribution in [2.24, 2.45) is 0 Å². The Morgan fingerprint density at radius 3 is 2.33 bits per heavy atom. The fourth-order valence-electron chi connectivity index (χ4n) is 2.10. The summed E-state index contributed by atoms with van der Waals surface area (Å²) in [6, 6.07) is 5.72. The van der Waals surface area contributed by atoms with E-state index in [2.05, 4.69) is 15.9 Å². The van der Waals surface area contributed by atoms with Gasteiger partial charge in [0.1, 0.15) is 6.10 Å². The first-order valence-corrected chi connectivity index (χ1v) is 8.56. The largest absolute Gasteiger partial charge is 0.490 e. The maximum atomic E-state index is 10.6. The monoisotopic (exact) mass is 370 g/mol. The molecule has 21 heavy (non-hydrogen) atoms. The molecule has 5 heteroatoms. The van der Waals surface area contributed by atoms with E-state index >= 15 is 0 Å². The molecule has 1 aromatic carbocycles. The second kappa shape index (κ2) is 7.29. The van der Waals surface area contributed by atoms with Gasteiger partial charge in [0.05, 0.1) is 13.2 Å². The highest BCUT2D eigenvalue weighted by Crippen LogP contribution is 2.40. The van der Waals surface area contributed by atoms with Gasteiger partial charge in [-0.15, -0.1) is 11.3 Å². The van der Waals surface area contributed by atoms with Crippen LogP contribution in [0.1, 0.15) is 36.0 Å². The Labute approximate surface area is 137 Å². The molecule has 0 amide bonds. The van der Waals surface area contributed by atoms with Crippen LogP contribution in [-0.2, 0) is 0 Å². The molecule has 1 atom stereocenters. The van der Waals surface area contributed by atoms with Crippen LogP contribution in [0.15, 0.2) is 28.1 Å². The Morgan fingerprint density at radius 1 is 1.19 bits per heavy atom. The molecule has 1 N–H and O–H groups in total. The summed E-state index contributed by atoms with van der Waals surface area (Å²) in [4.78, 5) is 0.947. The molecule has 0 saturated carbocycles. The summed E-state index contributed by atoms with van der Waals surface area (Å²) in [6.07, 6.45) is -0.672. The average molecular weight is 371 g/mol. The predicted octanol–water partition coefficient (Wildman–Crippen LogP) is 4.70. The van der Waals surface area contributed by atoms with Crippen molar-refractivity contribution in [3.8, 4) is 11.5 Å². The number of aryl methyl sites for hydroxylation is 1. The van der Waals surface area contributed by atoms with E-state index in [9.17, 15) is 5.11 Å². The number of halogens is 1. The summed E-state index contributed by atoms with van der Waals surface area (Å²) in [5.41, 5.74) is 1.87. The van der Waals surface area contributed by atoms with Gasteiger partial charge in [0.2, 0.25) is 0 Å². The lowest BCUT2D eigenvalue weighted by atomic mass is 10.1. The van der Waals surface area contributed by atoms with Crippen LogP contribution in [0.5, 0.6) is 11.5 Å². The number of rotatable bonds is 6. The Morgan fingerprint density at radius 2 is 1.81 bits per heavy atom. The number of hydrogen-bond acceptors (Lipinski definition) is 4. The highest BCUT2D eigenvalue weighted by atomic mass is 79.9. The van der Waals surface area contributed by atoms with Crippen LogP contribution in [0, 0.1) is 6.92 Å². The molecule has 0 aliphatic heterocycles. The maximum absolute atomic E-state index is 10.6. The number of thiophene rings is 1. The molecule has 3 nitrogen and oxygen atoms in total. The van der Waals surface area contributed by atoms with Crippen LogP contribution in [0.2, 0.25) is 0 Å². The van der Waals surface area contributed by atoms with Crippen molar-refractivity contribution in [2.45, 2.75) is 26.9 Å². The normalized spacial score (nSPS) is 12.2. The fourth-order valence-corrected chi connectivity index (χ4v) is 3.57. The number of aliphatic hydroxyl groups excluding tert-OH is 1. The lowest BCUT2D eigenvalue weighted by molar-refractivity contribution is 0.221. The van der Waals surface area contributed by atoms with Gasteiger partial charge in [-0.05, 0) is 49.9 Å². The molecule has 2 rings (SSSR count). The number of benzene rings is 1. The van der Waals surface area contributed by atoms with Crippen LogP contribution in [0.3, 0.4) is 0 Å². The summed E-state index contributed by atoms with van der Waals surface area (Å²) >= 11 is 5.07. The lowest BCUT2D eigenvalue weighted by Gasteiger charge is -2.17. The van der Waals surface area contributed by atoms with Crippen molar-refractivity contribution in [2.75, 3.05) is 13.2 Å². The molecular formula is C16H19BrO3S. The Kier molecular flexibility index (Phi) is 5.67. The van der Waals surface area contributed by atoms with E-state index in [1.807, 2.05) is 44.4 Å². The summed E-state index contributed by atoms with van der Waals surface area (Å²) in [5.74, 6) is 1.34. The number of ether oxygens (including phenoxy) is 2. The van der Waals surface area contributed by atoms with Crippen molar-refractivity contribution < 1.29 is 14.6 Å². The number of aliphatic hydroxyl groups is 1. The van der Waals surface area contributed by atoms with E-state index in [0.717, 1.165) is 20.5 Å². The molecule has 0 bridgehead atoms. The summed E-state index contributed by atoms with van der Waals surface area (Å²) in [5, 5.41) is 12.6. The van der Waals surface area contributed by atoms with Gasteiger partial charge in [0, 0.05) is 14.9 Å². The molecular weight excluding hydrogens is 352 g/mol. The zero-order valence-corrected chi connectivity index (χ0v) is 14.8. The first kappa shape index (κ1) is 16.3. The van der Waals surface area contributed by atoms with Gasteiger partial charge >= 0.3 is 0 Å². The molecule has 0 aliphatic rings. The van der Waals surface area contributed by atoms with Crippen molar-refractivity contribution in [3.63, 3.8) is 0 Å². The molecule has 2 aromatic rings. The molecule has 1 heterocycles. The Bertz CT molecular complexity index is 610. The molecule has 0 aliphatic carbocycles. The topological polar surface area (TPSA) is 38.7 Å². The summed E-state index contributed by atoms with van der Waals surface area (Å²) < 4.78 is 12.0. The second-order valence-corrected chi connectivity index (χ2v) is 6.36. The van der Waals surface area contributed by atoms with Crippen molar-refractivity contribution in [1.82, 2.24) is 0 Å². The second-order valence-electron chi connectivity index (χ2n) is 4.56. The van der Waals surface area contributed by atoms with Crippen LogP contribution in [0.4, 0.5) is 0 Å². The number of hydrogen-bond donors (Lipinski definition) is 1. The third-order valence-electron chi connectivity index (χ3n) is 3.11. The molecule has 1 aromatic heterocycles. The molecule has 1 unspecified atom stereocenters. The van der Waals surface area contributed by atoms with E-state index in [4.69, 9.17) is 9.47 Å². The molecule has 0 radical (unpaired) electrons. The molecule has 0 saturated heterocycles. The fraction of sp³-hybridized carbons (Fsp3) is 0.375. The third-order valence-corrected chi connectivity index (χ3v) is 4.87. The van der Waals surface area contributed by atoms with Gasteiger partial charge in [-0.2, -0.15) is 0 Å². The van der Waals surface area contributed by atoms with Crippen LogP contribution in [-0.4, -0.2) is 18.3 Å². The van der Waals surface area contributed by atoms with E-state index in [-0.39, 0.29) is 0 Å². The Hall–Kier alpha value is -1.04. The van der Waals surface area contributed by atoms with Gasteiger partial charge < -0.3 is 14.6 Å². The smallest absolute Gasteiger partial charge is 0.162 e. The van der Waals surface area contributed by atoms with Gasteiger partial charge in [-0.3, -0.25) is 0 Å². The van der Waals surface area contributed by atoms with Crippen molar-refractivity contribution in [3.05, 3.63) is 44.1 Å². The van der Waals surface area contributed by atoms with Crippen LogP contribution in [0.25, 0.3) is 0 Å². The van der Waals surface area contributed by atoms with E-state index in [1.165, 1.54) is 0 Å². The first-order chi connectivity index (χ1) is 10.1. The van der Waals surface area contributed by atoms with Crippen LogP contribution >= 0.6 is 27.3 Å². The lowest BCUT2D eigenvalue weighted by Crippen LogP contribution is -2.04. The molecule has 114 valence electrons. The minimum absolute atomic E-state index is 0.551. The maximum Gasteiger partial charge on any atom is 0.162 e. The van der Waals surface area contributed by atoms with Crippen molar-refractivity contribution >= 4 is 27.3 Å². The highest BCUT2D eigenvalue weighted by Gasteiger charge is 2.20. The van der Waals surface area contributed by atoms with Gasteiger partial charge in [-0.1, -0.05) is 15.9 Å². The van der Waals surface area contributed by atoms with Crippen molar-refractivity contribution in [1.29, 1.82) is 0 Å². The minimum Gasteiger partial charge on any atom is -0.490 e. The van der Waals surface area contributed by atoms with Gasteiger partial charge in [0.25, 0.3) is 0 Å². The SMILES string of the molecule is CCOc1cc(Br)c(C(O)c2sccc2C)cc1OCC. The summed E-state index contributed by atoms with van der Waals surface area (Å²) in [7, 11) is 0. The van der Waals surface area contributed by atoms with E-state index in [1.54, 1.807) is 11.3 Å². The Balaban J connectivity index is 2.44. The zero-order valence-electron chi connectivity index (χ0n) is 12.4. The first-order valence-electron chi connectivity index (χ1n) is 6.89. The standard InChI is InChI=1S/C16H19BrO3S/c1-4-19-13-8-11(12(17)9-14(13)20-5-2)15(18)16-10(3)6-7-21-16/h6-9,15,18H,4-5H2,1-3H3. The van der Waals surface area contributed by atoms with Gasteiger partial charge in [-0.25, -0.2) is 0 Å². The summed E-state index contributed by atoms with van der Waals surface area (Å²) in [6.45, 7) is 6.98. The quantitative estimate of drug-likeness (QED) is 0.800. The highest BCUT2D eigenvalue weighted by molar-refractivity contribution is 9.10. The predicted molar refractivity (Wildman–Crippen MR) is 89.6 cm³/mol. The van der Waals surface area contributed by atoms with Crippen LogP contribution < -0.4 is 9.47 Å².